The monoisotopic (exact) mass is 445 g/mol. The van der Waals surface area contributed by atoms with Crippen LogP contribution in [0, 0.1) is 0 Å². The molecule has 2 N–H and O–H groups in total. The first-order chi connectivity index (χ1) is 16.0. The molecule has 0 saturated heterocycles. The van der Waals surface area contributed by atoms with Gasteiger partial charge in [0, 0.05) is 17.2 Å². The lowest BCUT2D eigenvalue weighted by Crippen LogP contribution is -2.41. The Morgan fingerprint density at radius 3 is 2.48 bits per heavy atom. The Hall–Kier alpha value is -4.33. The molecule has 1 heterocycles. The predicted octanol–water partition coefficient (Wildman–Crippen LogP) is 4.27. The van der Waals surface area contributed by atoms with E-state index in [1.165, 1.54) is 14.2 Å². The molecule has 0 bridgehead atoms. The molecule has 0 aliphatic heterocycles. The van der Waals surface area contributed by atoms with Crippen LogP contribution in [0.25, 0.3) is 22.2 Å². The summed E-state index contributed by atoms with van der Waals surface area (Å²) in [4.78, 5) is 25.6. The maximum atomic E-state index is 12.9. The van der Waals surface area contributed by atoms with Crippen LogP contribution < -0.4 is 20.1 Å². The molecule has 168 valence electrons. The van der Waals surface area contributed by atoms with Gasteiger partial charge in [-0.15, -0.1) is 0 Å². The number of carbonyl (C=O) groups is 2. The van der Waals surface area contributed by atoms with Gasteiger partial charge in [0.05, 0.1) is 25.3 Å². The largest absolute Gasteiger partial charge is 0.497 e. The van der Waals surface area contributed by atoms with Gasteiger partial charge in [-0.2, -0.15) is 0 Å². The van der Waals surface area contributed by atoms with E-state index in [1.54, 1.807) is 43.3 Å². The second kappa shape index (κ2) is 9.44. The van der Waals surface area contributed by atoms with Crippen LogP contribution in [0.2, 0.25) is 0 Å². The molecule has 0 saturated carbocycles. The lowest BCUT2D eigenvalue weighted by atomic mass is 10.1. The molecule has 0 radical (unpaired) electrons. The molecule has 3 aromatic carbocycles. The number of rotatable bonds is 7. The lowest BCUT2D eigenvalue weighted by molar-refractivity contribution is -0.117. The first-order valence-electron chi connectivity index (χ1n) is 10.3. The Kier molecular flexibility index (Phi) is 6.26. The fraction of sp³-hybridized carbons (Fsp3) is 0.160. The van der Waals surface area contributed by atoms with E-state index in [0.717, 1.165) is 5.56 Å². The fourth-order valence-electron chi connectivity index (χ4n) is 3.38. The molecular formula is C25H23N3O5. The molecular weight excluding hydrogens is 422 g/mol. The summed E-state index contributed by atoms with van der Waals surface area (Å²) in [6.07, 6.45) is 0. The molecule has 0 unspecified atom stereocenters. The molecule has 0 spiro atoms. The fourth-order valence-corrected chi connectivity index (χ4v) is 3.38. The second-order valence-electron chi connectivity index (χ2n) is 7.36. The van der Waals surface area contributed by atoms with E-state index in [-0.39, 0.29) is 0 Å². The second-order valence-corrected chi connectivity index (χ2v) is 7.36. The molecule has 2 amide bonds. The summed E-state index contributed by atoms with van der Waals surface area (Å²) in [6.45, 7) is 1.60. The lowest BCUT2D eigenvalue weighted by Gasteiger charge is -2.16. The van der Waals surface area contributed by atoms with Gasteiger partial charge in [-0.1, -0.05) is 35.5 Å². The van der Waals surface area contributed by atoms with Gasteiger partial charge >= 0.3 is 0 Å². The Morgan fingerprint density at radius 2 is 1.76 bits per heavy atom. The van der Waals surface area contributed by atoms with E-state index in [4.69, 9.17) is 14.0 Å². The van der Waals surface area contributed by atoms with Gasteiger partial charge in [0.25, 0.3) is 5.91 Å². The van der Waals surface area contributed by atoms with Gasteiger partial charge < -0.3 is 24.6 Å². The number of ether oxygens (including phenoxy) is 2. The Balaban J connectivity index is 1.50. The van der Waals surface area contributed by atoms with Crippen LogP contribution in [0.4, 0.5) is 5.69 Å². The number of amides is 2. The molecule has 8 nitrogen and oxygen atoms in total. The van der Waals surface area contributed by atoms with Crippen molar-refractivity contribution in [3.63, 3.8) is 0 Å². The van der Waals surface area contributed by atoms with E-state index in [9.17, 15) is 9.59 Å². The molecule has 0 aliphatic rings. The third-order valence-corrected chi connectivity index (χ3v) is 5.18. The molecule has 0 fully saturated rings. The number of hydrogen-bond donors (Lipinski definition) is 2. The number of methoxy groups -OCH3 is 2. The van der Waals surface area contributed by atoms with Crippen molar-refractivity contribution in [3.8, 4) is 22.8 Å². The Bertz CT molecular complexity index is 1300. The van der Waals surface area contributed by atoms with Crippen molar-refractivity contribution >= 4 is 28.4 Å². The highest BCUT2D eigenvalue weighted by atomic mass is 16.5. The van der Waals surface area contributed by atoms with Crippen molar-refractivity contribution in [3.05, 3.63) is 72.3 Å². The highest BCUT2D eigenvalue weighted by Crippen LogP contribution is 2.30. The van der Waals surface area contributed by atoms with Gasteiger partial charge in [0.1, 0.15) is 23.1 Å². The van der Waals surface area contributed by atoms with Crippen molar-refractivity contribution < 1.29 is 23.6 Å². The van der Waals surface area contributed by atoms with Crippen LogP contribution in [-0.2, 0) is 4.79 Å². The smallest absolute Gasteiger partial charge is 0.251 e. The van der Waals surface area contributed by atoms with Crippen LogP contribution in [0.15, 0.2) is 71.3 Å². The summed E-state index contributed by atoms with van der Waals surface area (Å²) in [7, 11) is 3.04. The standard InChI is InChI=1S/C25H23N3O5/c1-15(24(29)27-21-14-18(31-2)10-12-22(21)32-3)26-25(30)17-9-11-20-19(13-17)23(33-28-20)16-7-5-4-6-8-16/h4-15H,1-3H3,(H,26,30)(H,27,29)/t15-/m0/s1. The van der Waals surface area contributed by atoms with Crippen molar-refractivity contribution in [1.29, 1.82) is 0 Å². The van der Waals surface area contributed by atoms with E-state index < -0.39 is 17.9 Å². The minimum absolute atomic E-state index is 0.390. The average molecular weight is 445 g/mol. The maximum Gasteiger partial charge on any atom is 0.251 e. The molecule has 0 aliphatic carbocycles. The van der Waals surface area contributed by atoms with Crippen molar-refractivity contribution in [2.24, 2.45) is 0 Å². The predicted molar refractivity (Wildman–Crippen MR) is 125 cm³/mol. The van der Waals surface area contributed by atoms with Crippen LogP contribution in [0.3, 0.4) is 0 Å². The summed E-state index contributed by atoms with van der Waals surface area (Å²) >= 11 is 0. The van der Waals surface area contributed by atoms with E-state index >= 15 is 0 Å². The molecule has 4 aromatic rings. The normalized spacial score (nSPS) is 11.6. The van der Waals surface area contributed by atoms with Crippen molar-refractivity contribution in [1.82, 2.24) is 10.5 Å². The molecule has 1 atom stereocenters. The summed E-state index contributed by atoms with van der Waals surface area (Å²) in [5, 5.41) is 10.3. The SMILES string of the molecule is COc1ccc(OC)c(NC(=O)[C@H](C)NC(=O)c2ccc3noc(-c4ccccc4)c3c2)c1. The third-order valence-electron chi connectivity index (χ3n) is 5.18. The van der Waals surface area contributed by atoms with E-state index in [1.807, 2.05) is 30.3 Å². The Morgan fingerprint density at radius 1 is 0.970 bits per heavy atom. The highest BCUT2D eigenvalue weighted by molar-refractivity contribution is 6.04. The summed E-state index contributed by atoms with van der Waals surface area (Å²) in [5.41, 5.74) is 2.33. The first-order valence-corrected chi connectivity index (χ1v) is 10.3. The molecule has 4 rings (SSSR count). The molecule has 33 heavy (non-hydrogen) atoms. The van der Waals surface area contributed by atoms with Crippen LogP contribution in [0.5, 0.6) is 11.5 Å². The number of hydrogen-bond acceptors (Lipinski definition) is 6. The number of benzene rings is 3. The zero-order valence-corrected chi connectivity index (χ0v) is 18.4. The number of fused-ring (bicyclic) bond motifs is 1. The highest BCUT2D eigenvalue weighted by Gasteiger charge is 2.20. The number of anilines is 1. The zero-order valence-electron chi connectivity index (χ0n) is 18.4. The van der Waals surface area contributed by atoms with Gasteiger partial charge in [-0.25, -0.2) is 0 Å². The maximum absolute atomic E-state index is 12.9. The van der Waals surface area contributed by atoms with Crippen LogP contribution in [-0.4, -0.2) is 37.2 Å². The Labute approximate surface area is 190 Å². The van der Waals surface area contributed by atoms with Crippen LogP contribution in [0.1, 0.15) is 17.3 Å². The minimum Gasteiger partial charge on any atom is -0.497 e. The first kappa shape index (κ1) is 21.9. The van der Waals surface area contributed by atoms with E-state index in [0.29, 0.717) is 39.4 Å². The summed E-state index contributed by atoms with van der Waals surface area (Å²) in [6, 6.07) is 18.9. The van der Waals surface area contributed by atoms with E-state index in [2.05, 4.69) is 15.8 Å². The number of carbonyl (C=O) groups excluding carboxylic acids is 2. The van der Waals surface area contributed by atoms with Crippen molar-refractivity contribution in [2.45, 2.75) is 13.0 Å². The van der Waals surface area contributed by atoms with Gasteiger partial charge in [0.2, 0.25) is 5.91 Å². The molecule has 8 heteroatoms. The van der Waals surface area contributed by atoms with Gasteiger partial charge in [0.15, 0.2) is 5.76 Å². The van der Waals surface area contributed by atoms with Gasteiger partial charge in [-0.05, 0) is 37.3 Å². The number of nitrogens with zero attached hydrogens (tertiary/aromatic N) is 1. The number of nitrogens with one attached hydrogen (secondary N) is 2. The quantitative estimate of drug-likeness (QED) is 0.440. The van der Waals surface area contributed by atoms with Crippen LogP contribution >= 0.6 is 0 Å². The van der Waals surface area contributed by atoms with Gasteiger partial charge in [-0.3, -0.25) is 9.59 Å². The third kappa shape index (κ3) is 4.64. The topological polar surface area (TPSA) is 103 Å². The van der Waals surface area contributed by atoms with Crippen molar-refractivity contribution in [2.75, 3.05) is 19.5 Å². The molecule has 1 aromatic heterocycles. The zero-order chi connectivity index (χ0) is 23.4. The average Bonchev–Trinajstić information content (AvgIpc) is 3.27. The summed E-state index contributed by atoms with van der Waals surface area (Å²) in [5.74, 6) is 0.840. The summed E-state index contributed by atoms with van der Waals surface area (Å²) < 4.78 is 16.0. The minimum atomic E-state index is -0.805. The number of aromatic nitrogens is 1.